The molecule has 5 nitrogen and oxygen atoms in total. The van der Waals surface area contributed by atoms with Crippen LogP contribution in [0.1, 0.15) is 27.5 Å². The monoisotopic (exact) mass is 285 g/mol. The zero-order chi connectivity index (χ0) is 13.5. The second-order valence-corrected chi connectivity index (χ2v) is 5.76. The number of carbonyl (C=O) groups is 1. The fraction of sp³-hybridized carbons (Fsp3) is 0.214. The van der Waals surface area contributed by atoms with E-state index in [9.17, 15) is 4.79 Å². The number of carbonyl (C=O) groups excluding carboxylic acids is 1. The van der Waals surface area contributed by atoms with Crippen molar-refractivity contribution in [1.29, 1.82) is 0 Å². The van der Waals surface area contributed by atoms with Crippen LogP contribution in [0.4, 0.5) is 5.88 Å². The molecule has 6 heteroatoms. The lowest BCUT2D eigenvalue weighted by Gasteiger charge is -1.99. The summed E-state index contributed by atoms with van der Waals surface area (Å²) >= 11 is 1.38. The summed E-state index contributed by atoms with van der Waals surface area (Å²) in [7, 11) is 0. The molecule has 0 radical (unpaired) electrons. The van der Waals surface area contributed by atoms with E-state index in [1.807, 2.05) is 24.3 Å². The van der Waals surface area contributed by atoms with Crippen molar-refractivity contribution in [2.75, 3.05) is 5.32 Å². The first-order valence-electron chi connectivity index (χ1n) is 6.45. The number of rotatable bonds is 2. The van der Waals surface area contributed by atoms with Crippen LogP contribution >= 0.6 is 11.3 Å². The van der Waals surface area contributed by atoms with Crippen LogP contribution in [0.3, 0.4) is 0 Å². The first kappa shape index (κ1) is 11.6. The van der Waals surface area contributed by atoms with Crippen molar-refractivity contribution in [2.45, 2.75) is 19.3 Å². The van der Waals surface area contributed by atoms with Gasteiger partial charge < -0.3 is 4.52 Å². The van der Waals surface area contributed by atoms with Gasteiger partial charge in [0.2, 0.25) is 5.88 Å². The summed E-state index contributed by atoms with van der Waals surface area (Å²) in [5.74, 6) is 0.235. The number of anilines is 1. The maximum atomic E-state index is 12.2. The lowest BCUT2D eigenvalue weighted by molar-refractivity contribution is 0.102. The van der Waals surface area contributed by atoms with Gasteiger partial charge in [0.25, 0.3) is 5.91 Å². The van der Waals surface area contributed by atoms with Crippen LogP contribution in [0.2, 0.25) is 0 Å². The van der Waals surface area contributed by atoms with E-state index < -0.39 is 0 Å². The summed E-state index contributed by atoms with van der Waals surface area (Å²) in [5, 5.41) is 7.20. The van der Waals surface area contributed by atoms with E-state index in [1.165, 1.54) is 11.3 Å². The molecule has 0 fully saturated rings. The molecule has 1 aliphatic rings. The highest BCUT2D eigenvalue weighted by atomic mass is 32.1. The smallest absolute Gasteiger partial charge is 0.287 e. The Bertz CT molecular complexity index is 773. The first-order valence-corrected chi connectivity index (χ1v) is 7.27. The van der Waals surface area contributed by atoms with E-state index in [0.717, 1.165) is 40.7 Å². The van der Waals surface area contributed by atoms with Gasteiger partial charge in [-0.05, 0) is 31.4 Å². The number of aromatic nitrogens is 2. The number of nitrogens with one attached hydrogen (secondary N) is 1. The molecule has 1 amide bonds. The van der Waals surface area contributed by atoms with Crippen LogP contribution in [-0.4, -0.2) is 16.0 Å². The standard InChI is InChI=1S/C14H11N3O2S/c18-12(14-15-10-5-1-2-7-11(10)20-14)16-13-8-4-3-6-9(8)17-19-13/h1-2,5,7H,3-4,6H2,(H,16,18). The van der Waals surface area contributed by atoms with Crippen molar-refractivity contribution >= 4 is 33.3 Å². The minimum atomic E-state index is -0.239. The van der Waals surface area contributed by atoms with Crippen LogP contribution < -0.4 is 5.32 Å². The number of amides is 1. The zero-order valence-electron chi connectivity index (χ0n) is 10.5. The van der Waals surface area contributed by atoms with Gasteiger partial charge in [-0.3, -0.25) is 10.1 Å². The van der Waals surface area contributed by atoms with Gasteiger partial charge in [-0.15, -0.1) is 11.3 Å². The molecular formula is C14H11N3O2S. The molecule has 4 rings (SSSR count). The van der Waals surface area contributed by atoms with Crippen molar-refractivity contribution < 1.29 is 9.32 Å². The molecule has 1 N–H and O–H groups in total. The lowest BCUT2D eigenvalue weighted by atomic mass is 10.2. The Kier molecular flexibility index (Phi) is 2.56. The van der Waals surface area contributed by atoms with Gasteiger partial charge in [0.1, 0.15) is 0 Å². The van der Waals surface area contributed by atoms with Crippen molar-refractivity contribution in [3.8, 4) is 0 Å². The van der Waals surface area contributed by atoms with Crippen LogP contribution in [0, 0.1) is 0 Å². The molecule has 0 aliphatic heterocycles. The third-order valence-corrected chi connectivity index (χ3v) is 4.46. The SMILES string of the molecule is O=C(Nc1onc2c1CCC2)c1nc2ccccc2s1. The fourth-order valence-corrected chi connectivity index (χ4v) is 3.31. The number of hydrogen-bond donors (Lipinski definition) is 1. The molecule has 0 saturated heterocycles. The first-order chi connectivity index (χ1) is 9.81. The highest BCUT2D eigenvalue weighted by Crippen LogP contribution is 2.29. The van der Waals surface area contributed by atoms with Gasteiger partial charge in [-0.2, -0.15) is 0 Å². The Morgan fingerprint density at radius 3 is 3.10 bits per heavy atom. The Morgan fingerprint density at radius 1 is 1.30 bits per heavy atom. The van der Waals surface area contributed by atoms with E-state index >= 15 is 0 Å². The van der Waals surface area contributed by atoms with E-state index in [-0.39, 0.29) is 5.91 Å². The summed E-state index contributed by atoms with van der Waals surface area (Å²) in [4.78, 5) is 16.6. The molecule has 1 aromatic carbocycles. The molecule has 0 spiro atoms. The molecule has 2 aromatic heterocycles. The van der Waals surface area contributed by atoms with E-state index in [1.54, 1.807) is 0 Å². The zero-order valence-corrected chi connectivity index (χ0v) is 11.4. The number of para-hydroxylation sites is 1. The van der Waals surface area contributed by atoms with Gasteiger partial charge in [-0.1, -0.05) is 17.3 Å². The van der Waals surface area contributed by atoms with Crippen LogP contribution in [0.25, 0.3) is 10.2 Å². The van der Waals surface area contributed by atoms with Gasteiger partial charge >= 0.3 is 0 Å². The minimum Gasteiger partial charge on any atom is -0.338 e. The molecule has 0 unspecified atom stereocenters. The molecule has 0 atom stereocenters. The molecule has 0 bridgehead atoms. The predicted molar refractivity (Wildman–Crippen MR) is 76.1 cm³/mol. The molecule has 100 valence electrons. The normalized spacial score (nSPS) is 13.6. The van der Waals surface area contributed by atoms with Gasteiger partial charge in [0.05, 0.1) is 15.9 Å². The van der Waals surface area contributed by atoms with Crippen molar-refractivity contribution in [3.05, 3.63) is 40.5 Å². The molecule has 2 heterocycles. The fourth-order valence-electron chi connectivity index (χ4n) is 2.45. The lowest BCUT2D eigenvalue weighted by Crippen LogP contribution is -2.11. The van der Waals surface area contributed by atoms with Crippen molar-refractivity contribution in [3.63, 3.8) is 0 Å². The van der Waals surface area contributed by atoms with Crippen molar-refractivity contribution in [2.24, 2.45) is 0 Å². The van der Waals surface area contributed by atoms with Crippen LogP contribution in [0.5, 0.6) is 0 Å². The molecular weight excluding hydrogens is 274 g/mol. The second kappa shape index (κ2) is 4.42. The molecule has 20 heavy (non-hydrogen) atoms. The maximum absolute atomic E-state index is 12.2. The summed E-state index contributed by atoms with van der Waals surface area (Å²) in [6.45, 7) is 0. The Hall–Kier alpha value is -2.21. The highest BCUT2D eigenvalue weighted by Gasteiger charge is 2.23. The largest absolute Gasteiger partial charge is 0.338 e. The molecule has 3 aromatic rings. The van der Waals surface area contributed by atoms with Gasteiger partial charge in [-0.25, -0.2) is 4.98 Å². The Balaban J connectivity index is 1.63. The highest BCUT2D eigenvalue weighted by molar-refractivity contribution is 7.20. The van der Waals surface area contributed by atoms with E-state index in [4.69, 9.17) is 4.52 Å². The number of nitrogens with zero attached hydrogens (tertiary/aromatic N) is 2. The number of fused-ring (bicyclic) bond motifs is 2. The summed E-state index contributed by atoms with van der Waals surface area (Å²) in [6.07, 6.45) is 2.90. The van der Waals surface area contributed by atoms with Gasteiger partial charge in [0, 0.05) is 5.56 Å². The minimum absolute atomic E-state index is 0.239. The number of hydrogen-bond acceptors (Lipinski definition) is 5. The summed E-state index contributed by atoms with van der Waals surface area (Å²) in [5.41, 5.74) is 2.83. The average Bonchev–Trinajstić information content (AvgIpc) is 3.13. The topological polar surface area (TPSA) is 68.0 Å². The number of benzene rings is 1. The molecule has 1 aliphatic carbocycles. The maximum Gasteiger partial charge on any atom is 0.287 e. The van der Waals surface area contributed by atoms with Crippen molar-refractivity contribution in [1.82, 2.24) is 10.1 Å². The van der Waals surface area contributed by atoms with Crippen LogP contribution in [-0.2, 0) is 12.8 Å². The molecule has 0 saturated carbocycles. The quantitative estimate of drug-likeness (QED) is 0.786. The Labute approximate surface area is 118 Å². The third kappa shape index (κ3) is 1.80. The van der Waals surface area contributed by atoms with Crippen LogP contribution in [0.15, 0.2) is 28.8 Å². The number of thiazole rings is 1. The Morgan fingerprint density at radius 2 is 2.20 bits per heavy atom. The second-order valence-electron chi connectivity index (χ2n) is 4.73. The summed E-state index contributed by atoms with van der Waals surface area (Å²) < 4.78 is 6.20. The van der Waals surface area contributed by atoms with Gasteiger partial charge in [0.15, 0.2) is 5.01 Å². The van der Waals surface area contributed by atoms with E-state index in [2.05, 4.69) is 15.5 Å². The predicted octanol–water partition coefficient (Wildman–Crippen LogP) is 3.03. The average molecular weight is 285 g/mol. The van der Waals surface area contributed by atoms with E-state index in [0.29, 0.717) is 10.9 Å². The summed E-state index contributed by atoms with van der Waals surface area (Å²) in [6, 6.07) is 7.70. The number of aryl methyl sites for hydroxylation is 1. The third-order valence-electron chi connectivity index (χ3n) is 3.43.